The molecule has 0 unspecified atom stereocenters. The van der Waals surface area contributed by atoms with Gasteiger partial charge in [-0.2, -0.15) is 0 Å². The summed E-state index contributed by atoms with van der Waals surface area (Å²) in [4.78, 5) is 24.3. The Morgan fingerprint density at radius 3 is 2.03 bits per heavy atom. The maximum atomic E-state index is 12.5. The molecule has 160 valence electrons. The number of methoxy groups -OCH3 is 2. The summed E-state index contributed by atoms with van der Waals surface area (Å²) in [7, 11) is 2.81. The van der Waals surface area contributed by atoms with E-state index in [1.165, 1.54) is 31.4 Å². The van der Waals surface area contributed by atoms with Gasteiger partial charge in [-0.1, -0.05) is 60.7 Å². The Labute approximate surface area is 182 Å². The molecule has 3 aromatic rings. The Morgan fingerprint density at radius 2 is 1.48 bits per heavy atom. The number of rotatable bonds is 8. The summed E-state index contributed by atoms with van der Waals surface area (Å²) in [6.45, 7) is 0.472. The third-order valence-corrected chi connectivity index (χ3v) is 4.99. The summed E-state index contributed by atoms with van der Waals surface area (Å²) in [5.74, 6) is 0.133. The van der Waals surface area contributed by atoms with E-state index in [0.717, 1.165) is 6.42 Å². The predicted molar refractivity (Wildman–Crippen MR) is 121 cm³/mol. The molecule has 0 heterocycles. The SMILES string of the molecule is COC(=O)c1ccc(OC)c(NC(=O)NCCC(c2ccccc2)c2ccccc2)c1. The van der Waals surface area contributed by atoms with Gasteiger partial charge in [-0.25, -0.2) is 9.59 Å². The van der Waals surface area contributed by atoms with Crippen LogP contribution in [0.15, 0.2) is 78.9 Å². The van der Waals surface area contributed by atoms with Crippen molar-refractivity contribution >= 4 is 17.7 Å². The van der Waals surface area contributed by atoms with Gasteiger partial charge in [0.05, 0.1) is 25.5 Å². The molecule has 0 saturated carbocycles. The fourth-order valence-corrected chi connectivity index (χ4v) is 3.44. The van der Waals surface area contributed by atoms with Crippen molar-refractivity contribution in [1.29, 1.82) is 0 Å². The molecule has 0 radical (unpaired) electrons. The number of hydrogen-bond donors (Lipinski definition) is 2. The Bertz CT molecular complexity index is 967. The molecule has 2 N–H and O–H groups in total. The average Bonchev–Trinajstić information content (AvgIpc) is 2.82. The lowest BCUT2D eigenvalue weighted by molar-refractivity contribution is 0.0600. The number of hydrogen-bond acceptors (Lipinski definition) is 4. The Kier molecular flexibility index (Phi) is 7.65. The summed E-state index contributed by atoms with van der Waals surface area (Å²) in [5, 5.41) is 5.64. The van der Waals surface area contributed by atoms with Crippen LogP contribution in [0.5, 0.6) is 5.75 Å². The van der Waals surface area contributed by atoms with E-state index >= 15 is 0 Å². The molecule has 0 saturated heterocycles. The molecule has 3 aromatic carbocycles. The van der Waals surface area contributed by atoms with E-state index in [9.17, 15) is 9.59 Å². The van der Waals surface area contributed by atoms with Crippen LogP contribution in [0.2, 0.25) is 0 Å². The van der Waals surface area contributed by atoms with Crippen LogP contribution in [0.25, 0.3) is 0 Å². The van der Waals surface area contributed by atoms with E-state index in [-0.39, 0.29) is 11.9 Å². The molecule has 0 bridgehead atoms. The van der Waals surface area contributed by atoms with Crippen molar-refractivity contribution in [3.8, 4) is 5.75 Å². The third-order valence-electron chi connectivity index (χ3n) is 4.99. The first-order valence-corrected chi connectivity index (χ1v) is 10.0. The fourth-order valence-electron chi connectivity index (χ4n) is 3.44. The minimum Gasteiger partial charge on any atom is -0.495 e. The van der Waals surface area contributed by atoms with Crippen molar-refractivity contribution in [2.75, 3.05) is 26.1 Å². The molecule has 0 aromatic heterocycles. The molecule has 0 atom stereocenters. The number of urea groups is 1. The number of benzene rings is 3. The minimum atomic E-state index is -0.486. The number of anilines is 1. The zero-order valence-corrected chi connectivity index (χ0v) is 17.6. The Balaban J connectivity index is 1.65. The summed E-state index contributed by atoms with van der Waals surface area (Å²) < 4.78 is 10.0. The van der Waals surface area contributed by atoms with Gasteiger partial charge >= 0.3 is 12.0 Å². The van der Waals surface area contributed by atoms with E-state index in [1.807, 2.05) is 36.4 Å². The van der Waals surface area contributed by atoms with Gasteiger partial charge in [0, 0.05) is 12.5 Å². The van der Waals surface area contributed by atoms with Crippen molar-refractivity contribution in [3.05, 3.63) is 95.6 Å². The van der Waals surface area contributed by atoms with Crippen LogP contribution < -0.4 is 15.4 Å². The molecular formula is C25H26N2O4. The van der Waals surface area contributed by atoms with Gasteiger partial charge in [0.15, 0.2) is 0 Å². The number of carbonyl (C=O) groups excluding carboxylic acids is 2. The lowest BCUT2D eigenvalue weighted by atomic mass is 9.88. The van der Waals surface area contributed by atoms with Crippen molar-refractivity contribution in [3.63, 3.8) is 0 Å². The van der Waals surface area contributed by atoms with E-state index in [2.05, 4.69) is 34.9 Å². The first-order chi connectivity index (χ1) is 15.1. The summed E-state index contributed by atoms with van der Waals surface area (Å²) in [6.07, 6.45) is 0.737. The number of amides is 2. The fraction of sp³-hybridized carbons (Fsp3) is 0.200. The second-order valence-electron chi connectivity index (χ2n) is 6.95. The average molecular weight is 418 g/mol. The van der Waals surface area contributed by atoms with Gasteiger partial charge in [0.25, 0.3) is 0 Å². The zero-order valence-electron chi connectivity index (χ0n) is 17.6. The van der Waals surface area contributed by atoms with Crippen molar-refractivity contribution in [1.82, 2.24) is 5.32 Å². The number of nitrogens with one attached hydrogen (secondary N) is 2. The first kappa shape index (κ1) is 21.9. The number of esters is 1. The minimum absolute atomic E-state index is 0.167. The van der Waals surface area contributed by atoms with Crippen LogP contribution in [0.3, 0.4) is 0 Å². The lowest BCUT2D eigenvalue weighted by Gasteiger charge is -2.19. The molecule has 3 rings (SSSR count). The van der Waals surface area contributed by atoms with Gasteiger partial charge < -0.3 is 20.1 Å². The van der Waals surface area contributed by atoms with Crippen LogP contribution in [-0.2, 0) is 4.74 Å². The second-order valence-corrected chi connectivity index (χ2v) is 6.95. The maximum absolute atomic E-state index is 12.5. The smallest absolute Gasteiger partial charge is 0.337 e. The molecule has 31 heavy (non-hydrogen) atoms. The van der Waals surface area contributed by atoms with Crippen LogP contribution in [0, 0.1) is 0 Å². The summed E-state index contributed by atoms with van der Waals surface area (Å²) >= 11 is 0. The molecule has 0 aliphatic rings. The van der Waals surface area contributed by atoms with Gasteiger partial charge in [0.2, 0.25) is 0 Å². The van der Waals surface area contributed by atoms with Gasteiger partial charge in [-0.05, 0) is 35.7 Å². The van der Waals surface area contributed by atoms with Gasteiger partial charge in [-0.15, -0.1) is 0 Å². The molecule has 2 amide bonds. The largest absolute Gasteiger partial charge is 0.495 e. The second kappa shape index (κ2) is 10.8. The molecule has 0 aliphatic carbocycles. The Morgan fingerprint density at radius 1 is 0.871 bits per heavy atom. The molecular weight excluding hydrogens is 392 g/mol. The highest BCUT2D eigenvalue weighted by atomic mass is 16.5. The van der Waals surface area contributed by atoms with Crippen molar-refractivity contribution in [2.24, 2.45) is 0 Å². The number of ether oxygens (including phenoxy) is 2. The van der Waals surface area contributed by atoms with E-state index in [4.69, 9.17) is 9.47 Å². The van der Waals surface area contributed by atoms with Gasteiger partial charge in [-0.3, -0.25) is 0 Å². The highest BCUT2D eigenvalue weighted by Crippen LogP contribution is 2.28. The number of carbonyl (C=O) groups is 2. The van der Waals surface area contributed by atoms with Crippen LogP contribution in [0.4, 0.5) is 10.5 Å². The maximum Gasteiger partial charge on any atom is 0.337 e. The Hall–Kier alpha value is -3.80. The first-order valence-electron chi connectivity index (χ1n) is 10.0. The normalized spacial score (nSPS) is 10.4. The molecule has 6 heteroatoms. The molecule has 0 aliphatic heterocycles. The van der Waals surface area contributed by atoms with Gasteiger partial charge in [0.1, 0.15) is 5.75 Å². The predicted octanol–water partition coefficient (Wildman–Crippen LogP) is 4.83. The van der Waals surface area contributed by atoms with Crippen molar-refractivity contribution < 1.29 is 19.1 Å². The molecule has 6 nitrogen and oxygen atoms in total. The monoisotopic (exact) mass is 418 g/mol. The quantitative estimate of drug-likeness (QED) is 0.514. The van der Waals surface area contributed by atoms with E-state index < -0.39 is 5.97 Å². The van der Waals surface area contributed by atoms with Crippen LogP contribution in [0.1, 0.15) is 33.8 Å². The van der Waals surface area contributed by atoms with Crippen LogP contribution >= 0.6 is 0 Å². The highest BCUT2D eigenvalue weighted by molar-refractivity contribution is 5.95. The molecule has 0 spiro atoms. The summed E-state index contributed by atoms with van der Waals surface area (Å²) in [5.41, 5.74) is 3.11. The standard InChI is InChI=1S/C25H26N2O4/c1-30-23-14-13-20(24(28)31-2)17-22(23)27-25(29)26-16-15-21(18-9-5-3-6-10-18)19-11-7-4-8-12-19/h3-14,17,21H,15-16H2,1-2H3,(H2,26,27,29). The van der Waals surface area contributed by atoms with E-state index in [1.54, 1.807) is 12.1 Å². The lowest BCUT2D eigenvalue weighted by Crippen LogP contribution is -2.30. The third kappa shape index (κ3) is 5.85. The van der Waals surface area contributed by atoms with Crippen molar-refractivity contribution in [2.45, 2.75) is 12.3 Å². The summed E-state index contributed by atoms with van der Waals surface area (Å²) in [6, 6.07) is 24.8. The van der Waals surface area contributed by atoms with E-state index in [0.29, 0.717) is 23.5 Å². The zero-order chi connectivity index (χ0) is 22.1. The molecule has 0 fully saturated rings. The van der Waals surface area contributed by atoms with Crippen LogP contribution in [-0.4, -0.2) is 32.8 Å². The topological polar surface area (TPSA) is 76.7 Å². The highest BCUT2D eigenvalue weighted by Gasteiger charge is 2.15.